The van der Waals surface area contributed by atoms with Gasteiger partial charge >= 0.3 is 6.18 Å². The molecule has 34 heavy (non-hydrogen) atoms. The Balaban J connectivity index is 1.40. The number of aryl methyl sites for hydroxylation is 1. The molecule has 1 aliphatic rings. The first-order valence-electron chi connectivity index (χ1n) is 10.2. The Morgan fingerprint density at radius 1 is 1.18 bits per heavy atom. The molecular weight excluding hydrogens is 457 g/mol. The average Bonchev–Trinajstić information content (AvgIpc) is 3.60. The maximum absolute atomic E-state index is 14.3. The number of hydrogen-bond acceptors (Lipinski definition) is 9. The standard InChI is InChI=1S/C20H17F3N8O3/c1-11-15(17-25-29-30-26-17)13(27-33-11)9-14(32)31-8-7-19(10-31,20(21,22)23)18-24-16(28-34-18)12-5-3-2-4-6-12/h2-6H,7-10H2,1H3,(H,25,26,29,30). The van der Waals surface area contributed by atoms with Crippen molar-refractivity contribution in [3.05, 3.63) is 47.7 Å². The monoisotopic (exact) mass is 474 g/mol. The molecule has 1 atom stereocenters. The molecule has 0 saturated carbocycles. The van der Waals surface area contributed by atoms with Crippen molar-refractivity contribution in [3.63, 3.8) is 0 Å². The van der Waals surface area contributed by atoms with E-state index >= 15 is 0 Å². The number of carbonyl (C=O) groups is 1. The van der Waals surface area contributed by atoms with Crippen LogP contribution in [0.15, 0.2) is 39.4 Å². The molecule has 3 aromatic heterocycles. The summed E-state index contributed by atoms with van der Waals surface area (Å²) in [6, 6.07) is 8.54. The lowest BCUT2D eigenvalue weighted by molar-refractivity contribution is -0.193. The Kier molecular flexibility index (Phi) is 5.14. The van der Waals surface area contributed by atoms with Gasteiger partial charge in [-0.1, -0.05) is 40.6 Å². The van der Waals surface area contributed by atoms with E-state index in [0.717, 1.165) is 4.90 Å². The quantitative estimate of drug-likeness (QED) is 0.462. The number of halogens is 3. The molecular formula is C20H17F3N8O3. The molecule has 0 bridgehead atoms. The number of rotatable bonds is 5. The smallest absolute Gasteiger partial charge is 0.361 e. The number of hydrogen-bond donors (Lipinski definition) is 1. The third kappa shape index (κ3) is 3.60. The van der Waals surface area contributed by atoms with Gasteiger partial charge in [-0.15, -0.1) is 10.2 Å². The number of likely N-dealkylation sites (tertiary alicyclic amines) is 1. The van der Waals surface area contributed by atoms with Crippen LogP contribution >= 0.6 is 0 Å². The van der Waals surface area contributed by atoms with Crippen molar-refractivity contribution in [3.8, 4) is 22.8 Å². The van der Waals surface area contributed by atoms with Crippen molar-refractivity contribution >= 4 is 5.91 Å². The van der Waals surface area contributed by atoms with Gasteiger partial charge in [-0.05, 0) is 18.6 Å². The first kappa shape index (κ1) is 21.7. The fourth-order valence-electron chi connectivity index (χ4n) is 4.02. The molecule has 1 fully saturated rings. The van der Waals surface area contributed by atoms with Gasteiger partial charge in [0.15, 0.2) is 5.41 Å². The Labute approximate surface area is 189 Å². The Morgan fingerprint density at radius 2 is 1.97 bits per heavy atom. The molecule has 0 radical (unpaired) electrons. The molecule has 1 aromatic carbocycles. The normalized spacial score (nSPS) is 18.5. The van der Waals surface area contributed by atoms with Crippen molar-refractivity contribution in [1.29, 1.82) is 0 Å². The predicted molar refractivity (Wildman–Crippen MR) is 107 cm³/mol. The second kappa shape index (κ2) is 8.04. The number of nitrogens with one attached hydrogen (secondary N) is 1. The molecule has 4 aromatic rings. The van der Waals surface area contributed by atoms with Crippen LogP contribution in [-0.2, 0) is 16.6 Å². The van der Waals surface area contributed by atoms with Crippen LogP contribution in [0.5, 0.6) is 0 Å². The summed E-state index contributed by atoms with van der Waals surface area (Å²) in [6.45, 7) is 0.813. The van der Waals surface area contributed by atoms with Gasteiger partial charge in [-0.3, -0.25) is 4.79 Å². The van der Waals surface area contributed by atoms with E-state index in [1.807, 2.05) is 0 Å². The number of nitrogens with zero attached hydrogens (tertiary/aromatic N) is 7. The summed E-state index contributed by atoms with van der Waals surface area (Å²) >= 11 is 0. The highest BCUT2D eigenvalue weighted by atomic mass is 19.4. The van der Waals surface area contributed by atoms with Crippen LogP contribution in [0, 0.1) is 6.92 Å². The summed E-state index contributed by atoms with van der Waals surface area (Å²) in [4.78, 5) is 18.1. The van der Waals surface area contributed by atoms with Crippen molar-refractivity contribution in [2.75, 3.05) is 13.1 Å². The average molecular weight is 474 g/mol. The SMILES string of the molecule is Cc1onc(CC(=O)N2CCC(c3nc(-c4ccccc4)no3)(C(F)(F)F)C2)c1-c1nn[nH]n1. The first-order valence-corrected chi connectivity index (χ1v) is 10.2. The number of carbonyl (C=O) groups excluding carboxylic acids is 1. The van der Waals surface area contributed by atoms with Crippen LogP contribution < -0.4 is 0 Å². The minimum Gasteiger partial charge on any atom is -0.361 e. The number of benzene rings is 1. The molecule has 0 spiro atoms. The lowest BCUT2D eigenvalue weighted by Gasteiger charge is -2.27. The lowest BCUT2D eigenvalue weighted by atomic mass is 9.86. The van der Waals surface area contributed by atoms with Crippen LogP contribution in [0.4, 0.5) is 13.2 Å². The molecule has 1 saturated heterocycles. The van der Waals surface area contributed by atoms with E-state index in [1.54, 1.807) is 37.3 Å². The molecule has 4 heterocycles. The van der Waals surface area contributed by atoms with Crippen molar-refractivity contribution in [2.24, 2.45) is 0 Å². The number of tetrazole rings is 1. The van der Waals surface area contributed by atoms with Crippen LogP contribution in [0.1, 0.15) is 23.8 Å². The van der Waals surface area contributed by atoms with Crippen molar-refractivity contribution in [1.82, 2.24) is 40.8 Å². The van der Waals surface area contributed by atoms with E-state index in [9.17, 15) is 18.0 Å². The van der Waals surface area contributed by atoms with Gasteiger partial charge in [-0.25, -0.2) is 0 Å². The summed E-state index contributed by atoms with van der Waals surface area (Å²) in [5, 5.41) is 21.1. The third-order valence-corrected chi connectivity index (χ3v) is 5.85. The summed E-state index contributed by atoms with van der Waals surface area (Å²) in [5.74, 6) is -0.556. The fraction of sp³-hybridized carbons (Fsp3) is 0.350. The molecule has 11 nitrogen and oxygen atoms in total. The highest BCUT2D eigenvalue weighted by Crippen LogP contribution is 2.47. The number of H-pyrrole nitrogens is 1. The molecule has 1 N–H and O–H groups in total. The van der Waals surface area contributed by atoms with E-state index in [4.69, 9.17) is 9.05 Å². The Hall–Kier alpha value is -4.10. The van der Waals surface area contributed by atoms with Gasteiger partial charge < -0.3 is 13.9 Å². The second-order valence-corrected chi connectivity index (χ2v) is 7.91. The predicted octanol–water partition coefficient (Wildman–Crippen LogP) is 2.49. The van der Waals surface area contributed by atoms with E-state index < -0.39 is 36.4 Å². The Morgan fingerprint density at radius 3 is 2.68 bits per heavy atom. The molecule has 0 aliphatic carbocycles. The zero-order valence-electron chi connectivity index (χ0n) is 17.7. The second-order valence-electron chi connectivity index (χ2n) is 7.91. The van der Waals surface area contributed by atoms with E-state index in [1.165, 1.54) is 0 Å². The largest absolute Gasteiger partial charge is 0.405 e. The molecule has 5 rings (SSSR count). The van der Waals surface area contributed by atoms with Gasteiger partial charge in [0, 0.05) is 18.7 Å². The maximum atomic E-state index is 14.3. The van der Waals surface area contributed by atoms with Gasteiger partial charge in [0.2, 0.25) is 23.4 Å². The molecule has 1 amide bonds. The molecule has 1 unspecified atom stereocenters. The number of amides is 1. The highest BCUT2D eigenvalue weighted by molar-refractivity contribution is 5.81. The zero-order valence-corrected chi connectivity index (χ0v) is 17.7. The fourth-order valence-corrected chi connectivity index (χ4v) is 4.02. The minimum atomic E-state index is -4.72. The summed E-state index contributed by atoms with van der Waals surface area (Å²) < 4.78 is 53.1. The maximum Gasteiger partial charge on any atom is 0.405 e. The van der Waals surface area contributed by atoms with Gasteiger partial charge in [0.1, 0.15) is 11.5 Å². The van der Waals surface area contributed by atoms with E-state index in [-0.39, 0.29) is 30.3 Å². The third-order valence-electron chi connectivity index (χ3n) is 5.85. The number of alkyl halides is 3. The van der Waals surface area contributed by atoms with E-state index in [0.29, 0.717) is 16.9 Å². The van der Waals surface area contributed by atoms with E-state index in [2.05, 4.69) is 35.9 Å². The molecule has 176 valence electrons. The lowest BCUT2D eigenvalue weighted by Crippen LogP contribution is -2.46. The van der Waals surface area contributed by atoms with Crippen LogP contribution in [0.2, 0.25) is 0 Å². The van der Waals surface area contributed by atoms with Gasteiger partial charge in [0.05, 0.1) is 12.0 Å². The topological polar surface area (TPSA) is 140 Å². The number of aromatic nitrogens is 7. The minimum absolute atomic E-state index is 0.0480. The first-order chi connectivity index (χ1) is 16.3. The number of aromatic amines is 1. The Bertz CT molecular complexity index is 1300. The van der Waals surface area contributed by atoms with Crippen molar-refractivity contribution < 1.29 is 27.0 Å². The zero-order chi connectivity index (χ0) is 23.9. The molecule has 1 aliphatic heterocycles. The summed E-state index contributed by atoms with van der Waals surface area (Å²) in [6.07, 6.45) is -5.43. The van der Waals surface area contributed by atoms with Gasteiger partial charge in [-0.2, -0.15) is 23.4 Å². The van der Waals surface area contributed by atoms with Crippen molar-refractivity contribution in [2.45, 2.75) is 31.4 Å². The highest BCUT2D eigenvalue weighted by Gasteiger charge is 2.63. The summed E-state index contributed by atoms with van der Waals surface area (Å²) in [7, 11) is 0. The van der Waals surface area contributed by atoms with Crippen LogP contribution in [-0.4, -0.2) is 66.0 Å². The van der Waals surface area contributed by atoms with Crippen LogP contribution in [0.3, 0.4) is 0 Å². The van der Waals surface area contributed by atoms with Gasteiger partial charge in [0.25, 0.3) is 0 Å². The molecule has 14 heteroatoms. The van der Waals surface area contributed by atoms with Crippen LogP contribution in [0.25, 0.3) is 22.8 Å². The summed E-state index contributed by atoms with van der Waals surface area (Å²) in [5.41, 5.74) is -1.37.